The van der Waals surface area contributed by atoms with Crippen LogP contribution in [0.3, 0.4) is 0 Å². The van der Waals surface area contributed by atoms with Crippen LogP contribution in [0.2, 0.25) is 0 Å². The molecule has 2 aromatic heterocycles. The summed E-state index contributed by atoms with van der Waals surface area (Å²) >= 11 is 1.52. The molecule has 144 valence electrons. The molecule has 1 fully saturated rings. The van der Waals surface area contributed by atoms with Gasteiger partial charge < -0.3 is 14.2 Å². The monoisotopic (exact) mass is 399 g/mol. The Kier molecular flexibility index (Phi) is 5.07. The normalized spacial score (nSPS) is 13.6. The third-order valence-corrected chi connectivity index (χ3v) is 5.41. The van der Waals surface area contributed by atoms with E-state index in [0.717, 1.165) is 30.8 Å². The van der Waals surface area contributed by atoms with E-state index in [2.05, 4.69) is 5.16 Å². The van der Waals surface area contributed by atoms with Gasteiger partial charge in [-0.05, 0) is 36.4 Å². The molecule has 1 saturated heterocycles. The molecule has 3 aromatic rings. The van der Waals surface area contributed by atoms with Gasteiger partial charge in [0.15, 0.2) is 5.76 Å². The van der Waals surface area contributed by atoms with Crippen molar-refractivity contribution in [3.63, 3.8) is 0 Å². The van der Waals surface area contributed by atoms with Crippen LogP contribution in [0.5, 0.6) is 0 Å². The van der Waals surface area contributed by atoms with Gasteiger partial charge in [-0.3, -0.25) is 10.1 Å². The van der Waals surface area contributed by atoms with Crippen molar-refractivity contribution < 1.29 is 19.0 Å². The number of nitro groups is 1. The molecule has 1 aromatic carbocycles. The van der Waals surface area contributed by atoms with E-state index in [0.29, 0.717) is 17.1 Å². The maximum Gasteiger partial charge on any atom is 0.338 e. The second-order valence-corrected chi connectivity index (χ2v) is 7.34. The number of esters is 1. The highest BCUT2D eigenvalue weighted by molar-refractivity contribution is 7.13. The van der Waals surface area contributed by atoms with Gasteiger partial charge in [0, 0.05) is 25.2 Å². The van der Waals surface area contributed by atoms with Gasteiger partial charge in [-0.15, -0.1) is 11.3 Å². The van der Waals surface area contributed by atoms with E-state index in [4.69, 9.17) is 9.26 Å². The number of anilines is 1. The molecule has 0 N–H and O–H groups in total. The van der Waals surface area contributed by atoms with Gasteiger partial charge in [0.1, 0.15) is 18.0 Å². The van der Waals surface area contributed by atoms with Crippen molar-refractivity contribution in [3.8, 4) is 10.6 Å². The molecular weight excluding hydrogens is 382 g/mol. The summed E-state index contributed by atoms with van der Waals surface area (Å²) in [6, 6.07) is 9.96. The standard InChI is InChI=1S/C19H17N3O5S/c23-19(26-12-14-11-17(27-20-14)18-4-3-9-28-18)13-5-6-15(16(10-13)22(24)25)21-7-1-2-8-21/h3-6,9-11H,1-2,7-8,12H2. The highest BCUT2D eigenvalue weighted by atomic mass is 32.1. The molecule has 0 amide bonds. The van der Waals surface area contributed by atoms with Crippen LogP contribution in [0, 0.1) is 10.1 Å². The van der Waals surface area contributed by atoms with E-state index >= 15 is 0 Å². The second kappa shape index (κ2) is 7.81. The van der Waals surface area contributed by atoms with Crippen molar-refractivity contribution in [1.29, 1.82) is 0 Å². The van der Waals surface area contributed by atoms with Crippen LogP contribution in [0.15, 0.2) is 46.3 Å². The lowest BCUT2D eigenvalue weighted by Gasteiger charge is -2.17. The minimum absolute atomic E-state index is 0.0740. The van der Waals surface area contributed by atoms with Crippen molar-refractivity contribution in [2.75, 3.05) is 18.0 Å². The van der Waals surface area contributed by atoms with Crippen LogP contribution in [-0.4, -0.2) is 29.1 Å². The number of carbonyl (C=O) groups is 1. The van der Waals surface area contributed by atoms with E-state index < -0.39 is 10.9 Å². The smallest absolute Gasteiger partial charge is 0.338 e. The summed E-state index contributed by atoms with van der Waals surface area (Å²) in [5.74, 6) is -0.0385. The fourth-order valence-corrected chi connectivity index (χ4v) is 3.83. The van der Waals surface area contributed by atoms with Crippen LogP contribution in [0.25, 0.3) is 10.6 Å². The molecule has 0 saturated carbocycles. The summed E-state index contributed by atoms with van der Waals surface area (Å²) in [7, 11) is 0. The number of rotatable bonds is 6. The number of benzene rings is 1. The molecule has 1 aliphatic heterocycles. The topological polar surface area (TPSA) is 98.7 Å². The maximum atomic E-state index is 12.3. The molecule has 0 radical (unpaired) electrons. The van der Waals surface area contributed by atoms with Crippen LogP contribution in [0.1, 0.15) is 28.9 Å². The van der Waals surface area contributed by atoms with Gasteiger partial charge in [-0.1, -0.05) is 11.2 Å². The van der Waals surface area contributed by atoms with Gasteiger partial charge in [-0.25, -0.2) is 4.79 Å². The minimum Gasteiger partial charge on any atom is -0.455 e. The molecule has 1 aliphatic rings. The zero-order valence-corrected chi connectivity index (χ0v) is 15.7. The first-order chi connectivity index (χ1) is 13.6. The fourth-order valence-electron chi connectivity index (χ4n) is 3.16. The Hall–Kier alpha value is -3.20. The second-order valence-electron chi connectivity index (χ2n) is 6.39. The Bertz CT molecular complexity index is 993. The maximum absolute atomic E-state index is 12.3. The SMILES string of the molecule is O=C(OCc1cc(-c2cccs2)on1)c1ccc(N2CCCC2)c([N+](=O)[O-])c1. The van der Waals surface area contributed by atoms with Crippen molar-refractivity contribution in [2.24, 2.45) is 0 Å². The van der Waals surface area contributed by atoms with Crippen molar-refractivity contribution >= 4 is 28.7 Å². The first-order valence-corrected chi connectivity index (χ1v) is 9.70. The van der Waals surface area contributed by atoms with Gasteiger partial charge >= 0.3 is 5.97 Å². The summed E-state index contributed by atoms with van der Waals surface area (Å²) in [6.07, 6.45) is 2.01. The predicted molar refractivity (Wildman–Crippen MR) is 103 cm³/mol. The van der Waals surface area contributed by atoms with Crippen LogP contribution < -0.4 is 4.90 Å². The first kappa shape index (κ1) is 18.2. The van der Waals surface area contributed by atoms with Crippen molar-refractivity contribution in [3.05, 3.63) is 63.1 Å². The lowest BCUT2D eigenvalue weighted by molar-refractivity contribution is -0.384. The van der Waals surface area contributed by atoms with Crippen molar-refractivity contribution in [1.82, 2.24) is 5.16 Å². The zero-order valence-electron chi connectivity index (χ0n) is 14.9. The molecule has 3 heterocycles. The molecule has 0 bridgehead atoms. The van der Waals surface area contributed by atoms with E-state index in [1.807, 2.05) is 22.4 Å². The molecule has 0 unspecified atom stereocenters. The fraction of sp³-hybridized carbons (Fsp3) is 0.263. The number of hydrogen-bond acceptors (Lipinski definition) is 8. The van der Waals surface area contributed by atoms with E-state index in [-0.39, 0.29) is 17.9 Å². The van der Waals surface area contributed by atoms with Crippen LogP contribution in [0.4, 0.5) is 11.4 Å². The van der Waals surface area contributed by atoms with E-state index in [9.17, 15) is 14.9 Å². The first-order valence-electron chi connectivity index (χ1n) is 8.82. The largest absolute Gasteiger partial charge is 0.455 e. The Labute approximate surface area is 164 Å². The lowest BCUT2D eigenvalue weighted by atomic mass is 10.1. The highest BCUT2D eigenvalue weighted by Gasteiger charge is 2.24. The molecule has 28 heavy (non-hydrogen) atoms. The average molecular weight is 399 g/mol. The lowest BCUT2D eigenvalue weighted by Crippen LogP contribution is -2.19. The molecule has 0 atom stereocenters. The third kappa shape index (κ3) is 3.74. The number of carbonyl (C=O) groups excluding carboxylic acids is 1. The number of hydrogen-bond donors (Lipinski definition) is 0. The summed E-state index contributed by atoms with van der Waals surface area (Å²) in [5.41, 5.74) is 1.06. The molecule has 0 spiro atoms. The quantitative estimate of drug-likeness (QED) is 0.347. The Morgan fingerprint density at radius 2 is 2.11 bits per heavy atom. The summed E-state index contributed by atoms with van der Waals surface area (Å²) < 4.78 is 10.5. The Balaban J connectivity index is 1.46. The number of thiophene rings is 1. The van der Waals surface area contributed by atoms with Crippen LogP contribution in [-0.2, 0) is 11.3 Å². The number of ether oxygens (including phenoxy) is 1. The number of aromatic nitrogens is 1. The predicted octanol–water partition coefficient (Wildman–Crippen LogP) is 4.27. The summed E-state index contributed by atoms with van der Waals surface area (Å²) in [5, 5.41) is 17.3. The van der Waals surface area contributed by atoms with Gasteiger partial charge in [0.2, 0.25) is 0 Å². The molecule has 9 heteroatoms. The Morgan fingerprint density at radius 3 is 2.82 bits per heavy atom. The molecule has 8 nitrogen and oxygen atoms in total. The van der Waals surface area contributed by atoms with Gasteiger partial charge in [0.05, 0.1) is 15.4 Å². The van der Waals surface area contributed by atoms with E-state index in [1.54, 1.807) is 18.2 Å². The molecule has 0 aliphatic carbocycles. The summed E-state index contributed by atoms with van der Waals surface area (Å²) in [4.78, 5) is 26.2. The van der Waals surface area contributed by atoms with Crippen molar-refractivity contribution in [2.45, 2.75) is 19.4 Å². The minimum atomic E-state index is -0.642. The van der Waals surface area contributed by atoms with Gasteiger partial charge in [0.25, 0.3) is 5.69 Å². The molecule has 4 rings (SSSR count). The zero-order chi connectivity index (χ0) is 19.5. The van der Waals surface area contributed by atoms with Gasteiger partial charge in [-0.2, -0.15) is 0 Å². The molecular formula is C19H17N3O5S. The Morgan fingerprint density at radius 1 is 1.29 bits per heavy atom. The summed E-state index contributed by atoms with van der Waals surface area (Å²) in [6.45, 7) is 1.49. The number of nitrogens with zero attached hydrogens (tertiary/aromatic N) is 3. The average Bonchev–Trinajstić information content (AvgIpc) is 3.47. The van der Waals surface area contributed by atoms with Crippen LogP contribution >= 0.6 is 11.3 Å². The third-order valence-electron chi connectivity index (χ3n) is 4.53. The number of nitro benzene ring substituents is 1. The highest BCUT2D eigenvalue weighted by Crippen LogP contribution is 2.32. The van der Waals surface area contributed by atoms with E-state index in [1.165, 1.54) is 17.4 Å².